The first-order valence-corrected chi connectivity index (χ1v) is 24.6. The van der Waals surface area contributed by atoms with Crippen molar-refractivity contribution in [2.24, 2.45) is 0 Å². The molecular formula is C54H90O6. The molecule has 0 aromatic rings. The summed E-state index contributed by atoms with van der Waals surface area (Å²) in [6.07, 6.45) is 61.5. The molecule has 0 spiro atoms. The van der Waals surface area contributed by atoms with Crippen molar-refractivity contribution in [1.82, 2.24) is 0 Å². The van der Waals surface area contributed by atoms with Crippen molar-refractivity contribution in [3.8, 4) is 0 Å². The molecule has 0 aromatic carbocycles. The van der Waals surface area contributed by atoms with E-state index in [9.17, 15) is 14.4 Å². The predicted molar refractivity (Wildman–Crippen MR) is 256 cm³/mol. The molecule has 0 aliphatic heterocycles. The zero-order valence-corrected chi connectivity index (χ0v) is 38.9. The summed E-state index contributed by atoms with van der Waals surface area (Å²) in [5.41, 5.74) is 0. The van der Waals surface area contributed by atoms with Crippen LogP contribution in [0.25, 0.3) is 0 Å². The minimum absolute atomic E-state index is 0.111. The van der Waals surface area contributed by atoms with E-state index >= 15 is 0 Å². The lowest BCUT2D eigenvalue weighted by Gasteiger charge is -2.18. The molecule has 0 N–H and O–H groups in total. The Hall–Kier alpha value is -3.41. The van der Waals surface area contributed by atoms with E-state index in [-0.39, 0.29) is 37.5 Å². The molecule has 6 heteroatoms. The van der Waals surface area contributed by atoms with E-state index in [1.54, 1.807) is 0 Å². The van der Waals surface area contributed by atoms with Gasteiger partial charge in [-0.1, -0.05) is 189 Å². The van der Waals surface area contributed by atoms with Crippen LogP contribution in [0.15, 0.2) is 85.1 Å². The van der Waals surface area contributed by atoms with E-state index in [1.807, 2.05) is 6.08 Å². The zero-order valence-electron chi connectivity index (χ0n) is 38.9. The largest absolute Gasteiger partial charge is 0.462 e. The Morgan fingerprint density at radius 1 is 0.350 bits per heavy atom. The van der Waals surface area contributed by atoms with Gasteiger partial charge in [-0.3, -0.25) is 14.4 Å². The minimum Gasteiger partial charge on any atom is -0.462 e. The maximum atomic E-state index is 12.7. The lowest BCUT2D eigenvalue weighted by Crippen LogP contribution is -2.30. The first kappa shape index (κ1) is 56.6. The summed E-state index contributed by atoms with van der Waals surface area (Å²) in [6, 6.07) is 0. The van der Waals surface area contributed by atoms with E-state index in [0.717, 1.165) is 109 Å². The van der Waals surface area contributed by atoms with Crippen LogP contribution in [0.1, 0.15) is 220 Å². The molecule has 0 rings (SSSR count). The lowest BCUT2D eigenvalue weighted by molar-refractivity contribution is -0.166. The Morgan fingerprint density at radius 2 is 0.700 bits per heavy atom. The van der Waals surface area contributed by atoms with Crippen LogP contribution in [-0.4, -0.2) is 37.2 Å². The van der Waals surface area contributed by atoms with Gasteiger partial charge in [-0.15, -0.1) is 0 Å². The third kappa shape index (κ3) is 45.7. The standard InChI is InChI=1S/C54H90O6/c1-4-7-10-13-16-19-22-24-25-26-27-28-29-31-32-35-38-41-44-47-53(56)59-50-51(49-58-52(55)46-43-40-37-34-21-18-15-12-9-6-3)60-54(57)48-45-42-39-36-33-30-23-20-17-14-11-8-5-2/h7,10,15-16,18-19,24-25,27-28,30,33,39,42,51H,4-6,8-9,11-14,17,20-23,26,29,31-32,34-38,40-41,43-50H2,1-3H3/b10-7-,18-15-,19-16-,25-24-,28-27-,33-30-,42-39-. The zero-order chi connectivity index (χ0) is 43.7. The molecule has 0 bridgehead atoms. The van der Waals surface area contributed by atoms with Crippen molar-refractivity contribution in [2.75, 3.05) is 13.2 Å². The summed E-state index contributed by atoms with van der Waals surface area (Å²) in [6.45, 7) is 6.38. The molecule has 1 unspecified atom stereocenters. The highest BCUT2D eigenvalue weighted by atomic mass is 16.6. The van der Waals surface area contributed by atoms with Crippen molar-refractivity contribution < 1.29 is 28.6 Å². The van der Waals surface area contributed by atoms with Gasteiger partial charge in [0, 0.05) is 19.3 Å². The maximum absolute atomic E-state index is 12.7. The Labute approximate surface area is 369 Å². The Bertz CT molecular complexity index is 1190. The van der Waals surface area contributed by atoms with Gasteiger partial charge in [0.15, 0.2) is 6.10 Å². The normalized spacial score (nSPS) is 12.8. The summed E-state index contributed by atoms with van der Waals surface area (Å²) in [5.74, 6) is -1.01. The van der Waals surface area contributed by atoms with Crippen LogP contribution < -0.4 is 0 Å². The van der Waals surface area contributed by atoms with Gasteiger partial charge in [0.05, 0.1) is 0 Å². The first-order valence-electron chi connectivity index (χ1n) is 24.6. The van der Waals surface area contributed by atoms with Crippen LogP contribution in [0.2, 0.25) is 0 Å². The van der Waals surface area contributed by atoms with Gasteiger partial charge in [0.25, 0.3) is 0 Å². The molecule has 0 aliphatic carbocycles. The fraction of sp³-hybridized carbons (Fsp3) is 0.685. The molecule has 0 aliphatic rings. The number of allylic oxidation sites excluding steroid dienone is 14. The molecule has 0 saturated carbocycles. The molecule has 0 heterocycles. The molecule has 60 heavy (non-hydrogen) atoms. The second-order valence-electron chi connectivity index (χ2n) is 16.0. The van der Waals surface area contributed by atoms with Gasteiger partial charge < -0.3 is 14.2 Å². The fourth-order valence-corrected chi connectivity index (χ4v) is 6.41. The number of unbranched alkanes of at least 4 members (excludes halogenated alkanes) is 18. The SMILES string of the molecule is CC/C=C\C/C=C\C/C=C\C/C=C\CCCCCCCCC(=O)OCC(COC(=O)CCCCCC/C=C\CCCC)OC(=O)CC/C=C\C/C=C\CCCCCCCC. The van der Waals surface area contributed by atoms with E-state index in [0.29, 0.717) is 19.3 Å². The van der Waals surface area contributed by atoms with E-state index in [4.69, 9.17) is 14.2 Å². The van der Waals surface area contributed by atoms with E-state index in [2.05, 4.69) is 99.8 Å². The van der Waals surface area contributed by atoms with Crippen LogP contribution in [0.5, 0.6) is 0 Å². The Balaban J connectivity index is 4.44. The van der Waals surface area contributed by atoms with E-state index < -0.39 is 6.10 Å². The summed E-state index contributed by atoms with van der Waals surface area (Å²) < 4.78 is 16.7. The highest BCUT2D eigenvalue weighted by Gasteiger charge is 2.19. The molecule has 0 radical (unpaired) electrons. The number of ether oxygens (including phenoxy) is 3. The lowest BCUT2D eigenvalue weighted by atomic mass is 10.1. The van der Waals surface area contributed by atoms with Gasteiger partial charge in [0.2, 0.25) is 0 Å². The second kappa shape index (κ2) is 48.3. The van der Waals surface area contributed by atoms with Crippen molar-refractivity contribution >= 4 is 17.9 Å². The fourth-order valence-electron chi connectivity index (χ4n) is 6.41. The van der Waals surface area contributed by atoms with E-state index in [1.165, 1.54) is 64.2 Å². The molecular weight excluding hydrogens is 745 g/mol. The molecule has 0 aromatic heterocycles. The highest BCUT2D eigenvalue weighted by Crippen LogP contribution is 2.12. The number of carbonyl (C=O) groups is 3. The number of hydrogen-bond acceptors (Lipinski definition) is 6. The highest BCUT2D eigenvalue weighted by molar-refractivity contribution is 5.71. The predicted octanol–water partition coefficient (Wildman–Crippen LogP) is 16.0. The second-order valence-corrected chi connectivity index (χ2v) is 16.0. The summed E-state index contributed by atoms with van der Waals surface area (Å²) in [7, 11) is 0. The van der Waals surface area contributed by atoms with Crippen LogP contribution in [0.3, 0.4) is 0 Å². The number of rotatable bonds is 43. The van der Waals surface area contributed by atoms with Crippen LogP contribution >= 0.6 is 0 Å². The summed E-state index contributed by atoms with van der Waals surface area (Å²) in [5, 5.41) is 0. The smallest absolute Gasteiger partial charge is 0.306 e. The molecule has 0 amide bonds. The summed E-state index contributed by atoms with van der Waals surface area (Å²) >= 11 is 0. The molecule has 1 atom stereocenters. The molecule has 0 fully saturated rings. The van der Waals surface area contributed by atoms with Crippen molar-refractivity contribution in [3.63, 3.8) is 0 Å². The maximum Gasteiger partial charge on any atom is 0.306 e. The van der Waals surface area contributed by atoms with Crippen molar-refractivity contribution in [3.05, 3.63) is 85.1 Å². The third-order valence-electron chi connectivity index (χ3n) is 10.1. The average molecular weight is 835 g/mol. The van der Waals surface area contributed by atoms with Crippen LogP contribution in [-0.2, 0) is 28.6 Å². The molecule has 6 nitrogen and oxygen atoms in total. The van der Waals surface area contributed by atoms with Gasteiger partial charge in [-0.25, -0.2) is 0 Å². The monoisotopic (exact) mass is 835 g/mol. The quantitative estimate of drug-likeness (QED) is 0.0263. The first-order chi connectivity index (χ1) is 29.5. The van der Waals surface area contributed by atoms with Gasteiger partial charge >= 0.3 is 17.9 Å². The number of esters is 3. The average Bonchev–Trinajstić information content (AvgIpc) is 3.24. The van der Waals surface area contributed by atoms with Crippen molar-refractivity contribution in [2.45, 2.75) is 226 Å². The van der Waals surface area contributed by atoms with Gasteiger partial charge in [-0.05, 0) is 96.3 Å². The van der Waals surface area contributed by atoms with Crippen LogP contribution in [0, 0.1) is 0 Å². The van der Waals surface area contributed by atoms with Crippen molar-refractivity contribution in [1.29, 1.82) is 0 Å². The molecule has 0 saturated heterocycles. The molecule has 342 valence electrons. The van der Waals surface area contributed by atoms with Crippen LogP contribution in [0.4, 0.5) is 0 Å². The third-order valence-corrected chi connectivity index (χ3v) is 10.1. The topological polar surface area (TPSA) is 78.9 Å². The number of carbonyl (C=O) groups excluding carboxylic acids is 3. The Kier molecular flexibility index (Phi) is 45.5. The summed E-state index contributed by atoms with van der Waals surface area (Å²) in [4.78, 5) is 37.8. The minimum atomic E-state index is -0.816. The number of hydrogen-bond donors (Lipinski definition) is 0. The van der Waals surface area contributed by atoms with Gasteiger partial charge in [-0.2, -0.15) is 0 Å². The Morgan fingerprint density at radius 3 is 1.15 bits per heavy atom. The van der Waals surface area contributed by atoms with Gasteiger partial charge in [0.1, 0.15) is 13.2 Å².